The normalized spacial score (nSPS) is 11.4. The van der Waals surface area contributed by atoms with E-state index in [1.165, 1.54) is 7.11 Å². The molecule has 0 aliphatic carbocycles. The average molecular weight is 375 g/mol. The lowest BCUT2D eigenvalue weighted by Crippen LogP contribution is -2.29. The van der Waals surface area contributed by atoms with Crippen LogP contribution in [0.1, 0.15) is 17.2 Å². The molecule has 2 N–H and O–H groups in total. The molecule has 7 heteroatoms. The third-order valence-electron chi connectivity index (χ3n) is 4.10. The van der Waals surface area contributed by atoms with Gasteiger partial charge in [0, 0.05) is 12.1 Å². The zero-order valence-electron chi connectivity index (χ0n) is 15.9. The molecule has 0 heterocycles. The summed E-state index contributed by atoms with van der Waals surface area (Å²) in [6.45, 7) is 0.0512. The lowest BCUT2D eigenvalue weighted by Gasteiger charge is -2.16. The van der Waals surface area contributed by atoms with Gasteiger partial charge >= 0.3 is 0 Å². The Morgan fingerprint density at radius 3 is 2.22 bits per heavy atom. The molecule has 0 radical (unpaired) electrons. The van der Waals surface area contributed by atoms with Crippen molar-refractivity contribution in [3.8, 4) is 23.0 Å². The molecule has 1 unspecified atom stereocenters. The van der Waals surface area contributed by atoms with Crippen molar-refractivity contribution in [1.82, 2.24) is 5.32 Å². The summed E-state index contributed by atoms with van der Waals surface area (Å²) >= 11 is 0. The standard InChI is InChI=1S/C20H25NO6/c1-24-14-6-8-17(25-2)15(11-14)16(22)12-21-20(23)10-13-5-7-18(26-3)19(9-13)27-4/h5-9,11,16,22H,10,12H2,1-4H3,(H,21,23). The number of carbonyl (C=O) groups is 1. The minimum Gasteiger partial charge on any atom is -0.497 e. The van der Waals surface area contributed by atoms with Gasteiger partial charge in [0.15, 0.2) is 11.5 Å². The second-order valence-corrected chi connectivity index (χ2v) is 5.79. The first-order valence-electron chi connectivity index (χ1n) is 8.40. The van der Waals surface area contributed by atoms with Crippen LogP contribution in [-0.2, 0) is 11.2 Å². The van der Waals surface area contributed by atoms with Crippen molar-refractivity contribution < 1.29 is 28.8 Å². The Bertz CT molecular complexity index is 777. The number of benzene rings is 2. The fraction of sp³-hybridized carbons (Fsp3) is 0.350. The highest BCUT2D eigenvalue weighted by atomic mass is 16.5. The zero-order valence-corrected chi connectivity index (χ0v) is 15.9. The van der Waals surface area contributed by atoms with Gasteiger partial charge in [-0.25, -0.2) is 0 Å². The van der Waals surface area contributed by atoms with Crippen molar-refractivity contribution in [2.24, 2.45) is 0 Å². The first kappa shape index (κ1) is 20.4. The highest BCUT2D eigenvalue weighted by molar-refractivity contribution is 5.78. The number of methoxy groups -OCH3 is 4. The summed E-state index contributed by atoms with van der Waals surface area (Å²) in [5, 5.41) is 13.2. The summed E-state index contributed by atoms with van der Waals surface area (Å²) in [6, 6.07) is 10.4. The van der Waals surface area contributed by atoms with Crippen molar-refractivity contribution in [2.75, 3.05) is 35.0 Å². The molecule has 0 fully saturated rings. The van der Waals surface area contributed by atoms with Crippen LogP contribution in [0.2, 0.25) is 0 Å². The molecule has 0 bridgehead atoms. The fourth-order valence-electron chi connectivity index (χ4n) is 2.66. The summed E-state index contributed by atoms with van der Waals surface area (Å²) < 4.78 is 20.9. The van der Waals surface area contributed by atoms with E-state index in [-0.39, 0.29) is 18.9 Å². The van der Waals surface area contributed by atoms with Gasteiger partial charge in [0.25, 0.3) is 0 Å². The van der Waals surface area contributed by atoms with Crippen LogP contribution in [0, 0.1) is 0 Å². The Hall–Kier alpha value is -2.93. The first-order chi connectivity index (χ1) is 13.0. The van der Waals surface area contributed by atoms with Gasteiger partial charge in [-0.05, 0) is 35.9 Å². The first-order valence-corrected chi connectivity index (χ1v) is 8.40. The van der Waals surface area contributed by atoms with Crippen molar-refractivity contribution in [3.05, 3.63) is 47.5 Å². The molecule has 0 aliphatic rings. The largest absolute Gasteiger partial charge is 0.497 e. The molecule has 0 aromatic heterocycles. The number of nitrogens with one attached hydrogen (secondary N) is 1. The molecule has 2 aromatic rings. The molecule has 146 valence electrons. The van der Waals surface area contributed by atoms with Gasteiger partial charge in [-0.2, -0.15) is 0 Å². The highest BCUT2D eigenvalue weighted by Crippen LogP contribution is 2.29. The Kier molecular flexibility index (Phi) is 7.31. The van der Waals surface area contributed by atoms with E-state index in [0.29, 0.717) is 28.6 Å². The molecule has 0 aliphatic heterocycles. The van der Waals surface area contributed by atoms with Gasteiger partial charge in [0.2, 0.25) is 5.91 Å². The van der Waals surface area contributed by atoms with Crippen molar-refractivity contribution in [1.29, 1.82) is 0 Å². The monoisotopic (exact) mass is 375 g/mol. The van der Waals surface area contributed by atoms with Crippen LogP contribution in [0.25, 0.3) is 0 Å². The van der Waals surface area contributed by atoms with Crippen LogP contribution >= 0.6 is 0 Å². The van der Waals surface area contributed by atoms with E-state index in [9.17, 15) is 9.90 Å². The molecule has 0 spiro atoms. The maximum atomic E-state index is 12.2. The Morgan fingerprint density at radius 1 is 0.926 bits per heavy atom. The van der Waals surface area contributed by atoms with Gasteiger partial charge < -0.3 is 29.4 Å². The quantitative estimate of drug-likeness (QED) is 0.698. The van der Waals surface area contributed by atoms with E-state index in [1.807, 2.05) is 0 Å². The zero-order chi connectivity index (χ0) is 19.8. The van der Waals surface area contributed by atoms with E-state index in [2.05, 4.69) is 5.32 Å². The van der Waals surface area contributed by atoms with E-state index in [0.717, 1.165) is 5.56 Å². The molecule has 7 nitrogen and oxygen atoms in total. The summed E-state index contributed by atoms with van der Waals surface area (Å²) in [7, 11) is 6.16. The minimum atomic E-state index is -0.926. The van der Waals surface area contributed by atoms with Crippen molar-refractivity contribution >= 4 is 5.91 Å². The van der Waals surface area contributed by atoms with Crippen LogP contribution < -0.4 is 24.3 Å². The molecule has 2 rings (SSSR count). The van der Waals surface area contributed by atoms with E-state index in [1.54, 1.807) is 57.7 Å². The predicted octanol–water partition coefficient (Wildman–Crippen LogP) is 2.11. The molecule has 1 amide bonds. The molecular formula is C20H25NO6. The lowest BCUT2D eigenvalue weighted by molar-refractivity contribution is -0.120. The number of hydrogen-bond acceptors (Lipinski definition) is 6. The van der Waals surface area contributed by atoms with Crippen LogP contribution in [-0.4, -0.2) is 46.0 Å². The SMILES string of the molecule is COc1ccc(OC)c(C(O)CNC(=O)Cc2ccc(OC)c(OC)c2)c1. The second kappa shape index (κ2) is 9.68. The number of carbonyl (C=O) groups excluding carboxylic acids is 1. The maximum absolute atomic E-state index is 12.2. The predicted molar refractivity (Wildman–Crippen MR) is 101 cm³/mol. The average Bonchev–Trinajstić information content (AvgIpc) is 2.71. The van der Waals surface area contributed by atoms with Crippen LogP contribution in [0.4, 0.5) is 0 Å². The van der Waals surface area contributed by atoms with E-state index >= 15 is 0 Å². The molecule has 0 saturated heterocycles. The maximum Gasteiger partial charge on any atom is 0.224 e. The van der Waals surface area contributed by atoms with Crippen LogP contribution in [0.5, 0.6) is 23.0 Å². The number of aliphatic hydroxyl groups excluding tert-OH is 1. The number of aliphatic hydroxyl groups is 1. The summed E-state index contributed by atoms with van der Waals surface area (Å²) in [6.07, 6.45) is -0.771. The van der Waals surface area contributed by atoms with Gasteiger partial charge in [-0.1, -0.05) is 6.07 Å². The number of ether oxygens (including phenoxy) is 4. The molecule has 1 atom stereocenters. The van der Waals surface area contributed by atoms with Gasteiger partial charge in [0.05, 0.1) is 41.0 Å². The number of rotatable bonds is 9. The smallest absolute Gasteiger partial charge is 0.224 e. The van der Waals surface area contributed by atoms with Crippen molar-refractivity contribution in [2.45, 2.75) is 12.5 Å². The molecule has 0 saturated carbocycles. The Labute approximate surface area is 158 Å². The molecular weight excluding hydrogens is 350 g/mol. The third-order valence-corrected chi connectivity index (χ3v) is 4.10. The van der Waals surface area contributed by atoms with E-state index in [4.69, 9.17) is 18.9 Å². The van der Waals surface area contributed by atoms with Crippen LogP contribution in [0.3, 0.4) is 0 Å². The fourth-order valence-corrected chi connectivity index (χ4v) is 2.66. The van der Waals surface area contributed by atoms with Gasteiger partial charge in [-0.3, -0.25) is 4.79 Å². The molecule has 27 heavy (non-hydrogen) atoms. The Morgan fingerprint density at radius 2 is 1.59 bits per heavy atom. The third kappa shape index (κ3) is 5.27. The van der Waals surface area contributed by atoms with Gasteiger partial charge in [0.1, 0.15) is 11.5 Å². The number of hydrogen-bond donors (Lipinski definition) is 2. The van der Waals surface area contributed by atoms with Crippen molar-refractivity contribution in [3.63, 3.8) is 0 Å². The van der Waals surface area contributed by atoms with E-state index < -0.39 is 6.10 Å². The second-order valence-electron chi connectivity index (χ2n) is 5.79. The summed E-state index contributed by atoms with van der Waals surface area (Å²) in [5.74, 6) is 2.06. The van der Waals surface area contributed by atoms with Gasteiger partial charge in [-0.15, -0.1) is 0 Å². The van der Waals surface area contributed by atoms with Crippen LogP contribution in [0.15, 0.2) is 36.4 Å². The highest BCUT2D eigenvalue weighted by Gasteiger charge is 2.16. The number of amides is 1. The summed E-state index contributed by atoms with van der Waals surface area (Å²) in [4.78, 5) is 12.2. The minimum absolute atomic E-state index is 0.0512. The summed E-state index contributed by atoms with van der Waals surface area (Å²) in [5.41, 5.74) is 1.32. The molecule has 2 aromatic carbocycles. The lowest BCUT2D eigenvalue weighted by atomic mass is 10.1. The topological polar surface area (TPSA) is 86.2 Å². The Balaban J connectivity index is 1.99.